The molecular weight excluding hydrogens is 196 g/mol. The van der Waals surface area contributed by atoms with Gasteiger partial charge >= 0.3 is 0 Å². The van der Waals surface area contributed by atoms with Crippen LogP contribution in [0.1, 0.15) is 33.6 Å². The van der Waals surface area contributed by atoms with Crippen LogP contribution in [0.2, 0.25) is 0 Å². The zero-order valence-corrected chi connectivity index (χ0v) is 11.3. The molecule has 0 N–H and O–H groups in total. The molecule has 16 heavy (non-hydrogen) atoms. The fraction of sp³-hybridized carbons (Fsp3) is 1.00. The number of rotatable bonds is 3. The molecule has 0 aromatic carbocycles. The molecule has 2 aliphatic rings. The normalized spacial score (nSPS) is 33.0. The summed E-state index contributed by atoms with van der Waals surface area (Å²) in [5.74, 6) is 2.82. The van der Waals surface area contributed by atoms with E-state index in [1.54, 1.807) is 0 Å². The Morgan fingerprint density at radius 2 is 1.56 bits per heavy atom. The standard InChI is InChI=1S/C14H28N2/c1-4-15-7-5-14-11-16(9-12(2)3)8-6-13(14)10-15/h12-14H,4-11H2,1-3H3. The van der Waals surface area contributed by atoms with Crippen molar-refractivity contribution in [2.75, 3.05) is 39.3 Å². The number of likely N-dealkylation sites (tertiary alicyclic amines) is 2. The number of nitrogens with zero attached hydrogens (tertiary/aromatic N) is 2. The van der Waals surface area contributed by atoms with E-state index in [9.17, 15) is 0 Å². The lowest BCUT2D eigenvalue weighted by molar-refractivity contribution is 0.0404. The summed E-state index contributed by atoms with van der Waals surface area (Å²) in [6.07, 6.45) is 2.88. The maximum absolute atomic E-state index is 2.70. The summed E-state index contributed by atoms with van der Waals surface area (Å²) in [6.45, 7) is 15.0. The molecule has 0 aliphatic carbocycles. The van der Waals surface area contributed by atoms with Crippen LogP contribution in [0.25, 0.3) is 0 Å². The summed E-state index contributed by atoms with van der Waals surface area (Å²) in [5, 5.41) is 0. The van der Waals surface area contributed by atoms with Crippen molar-refractivity contribution in [2.45, 2.75) is 33.6 Å². The van der Waals surface area contributed by atoms with Gasteiger partial charge in [0.05, 0.1) is 0 Å². The van der Waals surface area contributed by atoms with E-state index in [0.29, 0.717) is 0 Å². The molecule has 94 valence electrons. The van der Waals surface area contributed by atoms with Crippen molar-refractivity contribution in [2.24, 2.45) is 17.8 Å². The lowest BCUT2D eigenvalue weighted by atomic mass is 9.80. The van der Waals surface area contributed by atoms with E-state index in [4.69, 9.17) is 0 Å². The molecule has 0 saturated carbocycles. The van der Waals surface area contributed by atoms with E-state index in [-0.39, 0.29) is 0 Å². The number of hydrogen-bond acceptors (Lipinski definition) is 2. The number of piperidine rings is 2. The summed E-state index contributed by atoms with van der Waals surface area (Å²) in [7, 11) is 0. The van der Waals surface area contributed by atoms with Crippen molar-refractivity contribution < 1.29 is 0 Å². The van der Waals surface area contributed by atoms with Gasteiger partial charge in [0.25, 0.3) is 0 Å². The third-order valence-corrected chi connectivity index (χ3v) is 4.35. The van der Waals surface area contributed by atoms with E-state index >= 15 is 0 Å². The van der Waals surface area contributed by atoms with Gasteiger partial charge in [0.1, 0.15) is 0 Å². The van der Waals surface area contributed by atoms with Gasteiger partial charge < -0.3 is 9.80 Å². The zero-order chi connectivity index (χ0) is 11.5. The molecule has 2 rings (SSSR count). The average Bonchev–Trinajstić information content (AvgIpc) is 2.27. The Morgan fingerprint density at radius 1 is 1.00 bits per heavy atom. The molecular formula is C14H28N2. The second kappa shape index (κ2) is 5.50. The van der Waals surface area contributed by atoms with Crippen LogP contribution in [0.4, 0.5) is 0 Å². The maximum Gasteiger partial charge on any atom is 0.00134 e. The van der Waals surface area contributed by atoms with Crippen molar-refractivity contribution in [3.05, 3.63) is 0 Å². The molecule has 2 saturated heterocycles. The third-order valence-electron chi connectivity index (χ3n) is 4.35. The topological polar surface area (TPSA) is 6.48 Å². The predicted octanol–water partition coefficient (Wildman–Crippen LogP) is 2.31. The van der Waals surface area contributed by atoms with Crippen LogP contribution < -0.4 is 0 Å². The first kappa shape index (κ1) is 12.4. The highest BCUT2D eigenvalue weighted by Crippen LogP contribution is 2.31. The van der Waals surface area contributed by atoms with Crippen LogP contribution in [-0.2, 0) is 0 Å². The molecule has 2 unspecified atom stereocenters. The first-order valence-electron chi connectivity index (χ1n) is 7.13. The van der Waals surface area contributed by atoms with Gasteiger partial charge in [-0.05, 0) is 50.2 Å². The second-order valence-corrected chi connectivity index (χ2v) is 6.14. The van der Waals surface area contributed by atoms with E-state index in [2.05, 4.69) is 30.6 Å². The van der Waals surface area contributed by atoms with Crippen molar-refractivity contribution >= 4 is 0 Å². The first-order valence-corrected chi connectivity index (χ1v) is 7.13. The third kappa shape index (κ3) is 2.98. The highest BCUT2D eigenvalue weighted by Gasteiger charge is 2.33. The minimum Gasteiger partial charge on any atom is -0.303 e. The fourth-order valence-electron chi connectivity index (χ4n) is 3.46. The monoisotopic (exact) mass is 224 g/mol. The Labute approximate surface area is 101 Å². The lowest BCUT2D eigenvalue weighted by Crippen LogP contribution is -2.49. The molecule has 0 radical (unpaired) electrons. The minimum absolute atomic E-state index is 0.826. The summed E-state index contributed by atoms with van der Waals surface area (Å²) >= 11 is 0. The molecule has 2 heteroatoms. The van der Waals surface area contributed by atoms with Crippen LogP contribution >= 0.6 is 0 Å². The Bertz CT molecular complexity index is 215. The molecule has 2 nitrogen and oxygen atoms in total. The lowest BCUT2D eigenvalue weighted by Gasteiger charge is -2.45. The van der Waals surface area contributed by atoms with Crippen molar-refractivity contribution in [1.29, 1.82) is 0 Å². The molecule has 0 spiro atoms. The molecule has 2 aliphatic heterocycles. The number of fused-ring (bicyclic) bond motifs is 1. The van der Waals surface area contributed by atoms with Gasteiger partial charge in [0.15, 0.2) is 0 Å². The van der Waals surface area contributed by atoms with Gasteiger partial charge in [-0.15, -0.1) is 0 Å². The van der Waals surface area contributed by atoms with Gasteiger partial charge in [-0.25, -0.2) is 0 Å². The highest BCUT2D eigenvalue weighted by atomic mass is 15.2. The van der Waals surface area contributed by atoms with Gasteiger partial charge in [-0.2, -0.15) is 0 Å². The van der Waals surface area contributed by atoms with E-state index in [1.165, 1.54) is 52.1 Å². The summed E-state index contributed by atoms with van der Waals surface area (Å²) < 4.78 is 0. The number of hydrogen-bond donors (Lipinski definition) is 0. The molecule has 2 fully saturated rings. The molecule has 2 heterocycles. The van der Waals surface area contributed by atoms with Crippen molar-refractivity contribution in [1.82, 2.24) is 9.80 Å². The summed E-state index contributed by atoms with van der Waals surface area (Å²) in [4.78, 5) is 5.34. The fourth-order valence-corrected chi connectivity index (χ4v) is 3.46. The molecule has 0 amide bonds. The van der Waals surface area contributed by atoms with E-state index in [1.807, 2.05) is 0 Å². The van der Waals surface area contributed by atoms with Crippen LogP contribution in [0.3, 0.4) is 0 Å². The van der Waals surface area contributed by atoms with Crippen LogP contribution in [0.15, 0.2) is 0 Å². The van der Waals surface area contributed by atoms with Gasteiger partial charge in [-0.3, -0.25) is 0 Å². The van der Waals surface area contributed by atoms with Crippen molar-refractivity contribution in [3.8, 4) is 0 Å². The van der Waals surface area contributed by atoms with Gasteiger partial charge in [0.2, 0.25) is 0 Å². The average molecular weight is 224 g/mol. The van der Waals surface area contributed by atoms with Crippen LogP contribution in [0, 0.1) is 17.8 Å². The highest BCUT2D eigenvalue weighted by molar-refractivity contribution is 4.86. The van der Waals surface area contributed by atoms with Crippen LogP contribution in [0.5, 0.6) is 0 Å². The Morgan fingerprint density at radius 3 is 2.12 bits per heavy atom. The smallest absolute Gasteiger partial charge is 0.00134 e. The molecule has 0 bridgehead atoms. The molecule has 2 atom stereocenters. The first-order chi connectivity index (χ1) is 7.69. The van der Waals surface area contributed by atoms with E-state index in [0.717, 1.165) is 17.8 Å². The molecule has 0 aromatic rings. The minimum atomic E-state index is 0.826. The Kier molecular flexibility index (Phi) is 4.26. The zero-order valence-electron chi connectivity index (χ0n) is 11.3. The SMILES string of the molecule is CCN1CCC2CN(CC(C)C)CCC2C1. The Hall–Kier alpha value is -0.0800. The largest absolute Gasteiger partial charge is 0.303 e. The van der Waals surface area contributed by atoms with Crippen LogP contribution in [-0.4, -0.2) is 49.1 Å². The predicted molar refractivity (Wildman–Crippen MR) is 69.6 cm³/mol. The maximum atomic E-state index is 2.70. The summed E-state index contributed by atoms with van der Waals surface area (Å²) in [6, 6.07) is 0. The second-order valence-electron chi connectivity index (χ2n) is 6.14. The van der Waals surface area contributed by atoms with Crippen molar-refractivity contribution in [3.63, 3.8) is 0 Å². The summed E-state index contributed by atoms with van der Waals surface area (Å²) in [5.41, 5.74) is 0. The quantitative estimate of drug-likeness (QED) is 0.726. The van der Waals surface area contributed by atoms with Gasteiger partial charge in [0, 0.05) is 19.6 Å². The van der Waals surface area contributed by atoms with Gasteiger partial charge in [-0.1, -0.05) is 20.8 Å². The Balaban J connectivity index is 1.83. The molecule has 0 aromatic heterocycles. The van der Waals surface area contributed by atoms with E-state index < -0.39 is 0 Å².